The second kappa shape index (κ2) is 7.02. The lowest BCUT2D eigenvalue weighted by Gasteiger charge is -2.32. The van der Waals surface area contributed by atoms with Crippen LogP contribution in [0.25, 0.3) is 0 Å². The van der Waals surface area contributed by atoms with Gasteiger partial charge in [0.1, 0.15) is 12.0 Å². The molecule has 1 aromatic heterocycles. The number of anilines is 1. The minimum atomic E-state index is -0.506. The number of hydrogen-bond acceptors (Lipinski definition) is 5. The topological polar surface area (TPSA) is 93.5 Å². The highest BCUT2D eigenvalue weighted by atomic mass is 16.5. The van der Waals surface area contributed by atoms with E-state index in [2.05, 4.69) is 10.3 Å². The summed E-state index contributed by atoms with van der Waals surface area (Å²) in [6.45, 7) is 5.51. The molecule has 1 aliphatic rings. The van der Waals surface area contributed by atoms with Gasteiger partial charge in [0.2, 0.25) is 5.91 Å². The van der Waals surface area contributed by atoms with Crippen molar-refractivity contribution in [3.63, 3.8) is 0 Å². The van der Waals surface area contributed by atoms with Crippen LogP contribution < -0.4 is 11.0 Å². The van der Waals surface area contributed by atoms with Crippen LogP contribution in [-0.2, 0) is 9.53 Å². The van der Waals surface area contributed by atoms with Crippen molar-refractivity contribution >= 4 is 11.7 Å². The molecule has 2 rings (SSSR count). The summed E-state index contributed by atoms with van der Waals surface area (Å²) < 4.78 is 7.02. The van der Waals surface area contributed by atoms with Crippen LogP contribution in [0.4, 0.5) is 5.82 Å². The van der Waals surface area contributed by atoms with Gasteiger partial charge in [-0.15, -0.1) is 0 Å². The third-order valence-corrected chi connectivity index (χ3v) is 4.07. The van der Waals surface area contributed by atoms with Gasteiger partial charge in [0.15, 0.2) is 0 Å². The molecule has 0 saturated carbocycles. The number of rotatable bonds is 4. The summed E-state index contributed by atoms with van der Waals surface area (Å²) in [5, 5.41) is 12.3. The van der Waals surface area contributed by atoms with Crippen molar-refractivity contribution in [1.82, 2.24) is 9.55 Å². The van der Waals surface area contributed by atoms with Gasteiger partial charge in [-0.1, -0.05) is 13.8 Å². The maximum Gasteiger partial charge on any atom is 0.351 e. The molecule has 1 aliphatic heterocycles. The lowest BCUT2D eigenvalue weighted by Crippen LogP contribution is -2.39. The SMILES string of the molecule is CC[C@H](C)C(=O)Nc1ccn([C@H]2CC[C@H](O)[C@@H](C)O2)c(=O)n1. The molecule has 122 valence electrons. The van der Waals surface area contributed by atoms with Gasteiger partial charge in [0, 0.05) is 12.1 Å². The first-order valence-electron chi connectivity index (χ1n) is 7.66. The number of ether oxygens (including phenoxy) is 1. The normalized spacial score (nSPS) is 26.5. The molecule has 2 N–H and O–H groups in total. The monoisotopic (exact) mass is 309 g/mol. The second-order valence-electron chi connectivity index (χ2n) is 5.74. The average Bonchev–Trinajstić information content (AvgIpc) is 2.49. The summed E-state index contributed by atoms with van der Waals surface area (Å²) in [6.07, 6.45) is 2.15. The fourth-order valence-corrected chi connectivity index (χ4v) is 2.30. The van der Waals surface area contributed by atoms with Crippen LogP contribution in [-0.4, -0.2) is 32.8 Å². The zero-order chi connectivity index (χ0) is 16.3. The number of nitrogens with zero attached hydrogens (tertiary/aromatic N) is 2. The van der Waals surface area contributed by atoms with Crippen LogP contribution in [0.15, 0.2) is 17.1 Å². The van der Waals surface area contributed by atoms with Crippen LogP contribution in [0.1, 0.15) is 46.3 Å². The maximum atomic E-state index is 12.1. The fourth-order valence-electron chi connectivity index (χ4n) is 2.30. The molecule has 0 unspecified atom stereocenters. The summed E-state index contributed by atoms with van der Waals surface area (Å²) in [7, 11) is 0. The molecule has 0 radical (unpaired) electrons. The first kappa shape index (κ1) is 16.6. The molecule has 1 amide bonds. The van der Waals surface area contributed by atoms with Crippen LogP contribution >= 0.6 is 0 Å². The van der Waals surface area contributed by atoms with Gasteiger partial charge < -0.3 is 15.2 Å². The number of aliphatic hydroxyl groups excluding tert-OH is 1. The second-order valence-corrected chi connectivity index (χ2v) is 5.74. The van der Waals surface area contributed by atoms with Gasteiger partial charge in [0.05, 0.1) is 12.2 Å². The fraction of sp³-hybridized carbons (Fsp3) is 0.667. The van der Waals surface area contributed by atoms with Gasteiger partial charge in [-0.05, 0) is 32.3 Å². The molecule has 1 saturated heterocycles. The minimum Gasteiger partial charge on any atom is -0.390 e. The molecule has 2 heterocycles. The summed E-state index contributed by atoms with van der Waals surface area (Å²) in [6, 6.07) is 1.58. The molecule has 22 heavy (non-hydrogen) atoms. The third-order valence-electron chi connectivity index (χ3n) is 4.07. The first-order chi connectivity index (χ1) is 10.4. The molecule has 1 fully saturated rings. The van der Waals surface area contributed by atoms with E-state index in [0.717, 1.165) is 6.42 Å². The number of carbonyl (C=O) groups excluding carboxylic acids is 1. The summed E-state index contributed by atoms with van der Waals surface area (Å²) >= 11 is 0. The maximum absolute atomic E-state index is 12.1. The number of carbonyl (C=O) groups is 1. The zero-order valence-corrected chi connectivity index (χ0v) is 13.2. The summed E-state index contributed by atoms with van der Waals surface area (Å²) in [5.74, 6) is -0.0403. The van der Waals surface area contributed by atoms with Crippen molar-refractivity contribution < 1.29 is 14.6 Å². The minimum absolute atomic E-state index is 0.131. The van der Waals surface area contributed by atoms with E-state index >= 15 is 0 Å². The Hall–Kier alpha value is -1.73. The van der Waals surface area contributed by atoms with Crippen LogP contribution in [0.3, 0.4) is 0 Å². The molecule has 0 bridgehead atoms. The van der Waals surface area contributed by atoms with E-state index in [0.29, 0.717) is 12.8 Å². The third kappa shape index (κ3) is 3.72. The molecular formula is C15H23N3O4. The zero-order valence-electron chi connectivity index (χ0n) is 13.2. The van der Waals surface area contributed by atoms with Crippen molar-refractivity contribution in [3.05, 3.63) is 22.7 Å². The molecule has 7 nitrogen and oxygen atoms in total. The van der Waals surface area contributed by atoms with Crippen molar-refractivity contribution in [2.45, 2.75) is 58.5 Å². The molecule has 1 aromatic rings. The van der Waals surface area contributed by atoms with Gasteiger partial charge in [-0.2, -0.15) is 4.98 Å². The van der Waals surface area contributed by atoms with Crippen molar-refractivity contribution in [1.29, 1.82) is 0 Å². The van der Waals surface area contributed by atoms with E-state index in [9.17, 15) is 14.7 Å². The molecule has 0 aliphatic carbocycles. The summed E-state index contributed by atoms with van der Waals surface area (Å²) in [5.41, 5.74) is -0.476. The van der Waals surface area contributed by atoms with E-state index in [1.54, 1.807) is 19.2 Å². The van der Waals surface area contributed by atoms with Crippen molar-refractivity contribution in [2.24, 2.45) is 5.92 Å². The Morgan fingerprint density at radius 3 is 2.91 bits per heavy atom. The smallest absolute Gasteiger partial charge is 0.351 e. The lowest BCUT2D eigenvalue weighted by molar-refractivity contribution is -0.139. The van der Waals surface area contributed by atoms with Gasteiger partial charge >= 0.3 is 5.69 Å². The van der Waals surface area contributed by atoms with E-state index < -0.39 is 18.0 Å². The average molecular weight is 309 g/mol. The highest BCUT2D eigenvalue weighted by Gasteiger charge is 2.28. The largest absolute Gasteiger partial charge is 0.390 e. The highest BCUT2D eigenvalue weighted by molar-refractivity contribution is 5.91. The van der Waals surface area contributed by atoms with Crippen molar-refractivity contribution in [2.75, 3.05) is 5.32 Å². The summed E-state index contributed by atoms with van der Waals surface area (Å²) in [4.78, 5) is 27.8. The van der Waals surface area contributed by atoms with Crippen molar-refractivity contribution in [3.8, 4) is 0 Å². The quantitative estimate of drug-likeness (QED) is 0.874. The number of aromatic nitrogens is 2. The Labute approximate surface area is 129 Å². The molecular weight excluding hydrogens is 286 g/mol. The highest BCUT2D eigenvalue weighted by Crippen LogP contribution is 2.25. The van der Waals surface area contributed by atoms with E-state index in [1.807, 2.05) is 13.8 Å². The van der Waals surface area contributed by atoms with E-state index in [4.69, 9.17) is 4.74 Å². The molecule has 0 spiro atoms. The first-order valence-corrected chi connectivity index (χ1v) is 7.66. The Morgan fingerprint density at radius 1 is 1.59 bits per heavy atom. The standard InChI is InChI=1S/C15H23N3O4/c1-4-9(2)14(20)16-12-7-8-18(15(21)17-12)13-6-5-11(19)10(3)22-13/h7-11,13,19H,4-6H2,1-3H3,(H,16,17,20,21)/t9-,10+,11-,13+/m0/s1. The Kier molecular flexibility index (Phi) is 5.31. The predicted octanol–water partition coefficient (Wildman–Crippen LogP) is 1.29. The number of nitrogens with one attached hydrogen (secondary N) is 1. The Bertz CT molecular complexity index is 586. The van der Waals surface area contributed by atoms with Crippen LogP contribution in [0.5, 0.6) is 0 Å². The van der Waals surface area contributed by atoms with Gasteiger partial charge in [0.25, 0.3) is 0 Å². The lowest BCUT2D eigenvalue weighted by atomic mass is 10.1. The van der Waals surface area contributed by atoms with E-state index in [-0.39, 0.29) is 23.7 Å². The predicted molar refractivity (Wildman–Crippen MR) is 81.4 cm³/mol. The van der Waals surface area contributed by atoms with E-state index in [1.165, 1.54) is 4.57 Å². The molecule has 0 aromatic carbocycles. The number of hydrogen-bond donors (Lipinski definition) is 2. The van der Waals surface area contributed by atoms with Crippen LogP contribution in [0.2, 0.25) is 0 Å². The Balaban J connectivity index is 2.10. The van der Waals surface area contributed by atoms with Crippen LogP contribution in [0, 0.1) is 5.92 Å². The molecule has 7 heteroatoms. The molecule has 4 atom stereocenters. The number of aliphatic hydroxyl groups is 1. The van der Waals surface area contributed by atoms with Gasteiger partial charge in [-0.25, -0.2) is 4.79 Å². The van der Waals surface area contributed by atoms with Gasteiger partial charge in [-0.3, -0.25) is 9.36 Å². The number of amides is 1. The Morgan fingerprint density at radius 2 is 2.32 bits per heavy atom.